The van der Waals surface area contributed by atoms with Crippen LogP contribution in [-0.4, -0.2) is 45.6 Å². The highest BCUT2D eigenvalue weighted by molar-refractivity contribution is 8.13. The highest BCUT2D eigenvalue weighted by atomic mass is 32.2. The Labute approximate surface area is 189 Å². The van der Waals surface area contributed by atoms with E-state index in [1.54, 1.807) is 0 Å². The maximum absolute atomic E-state index is 12.1. The van der Waals surface area contributed by atoms with E-state index in [1.165, 1.54) is 0 Å². The predicted molar refractivity (Wildman–Crippen MR) is 120 cm³/mol. The molecule has 0 radical (unpaired) electrons. The predicted octanol–water partition coefficient (Wildman–Crippen LogP) is 4.36. The van der Waals surface area contributed by atoms with Crippen molar-refractivity contribution in [2.45, 2.75) is 97.4 Å². The molecule has 9 nitrogen and oxygen atoms in total. The van der Waals surface area contributed by atoms with Crippen LogP contribution in [-0.2, 0) is 19.2 Å². The topological polar surface area (TPSA) is 136 Å². The lowest BCUT2D eigenvalue weighted by Crippen LogP contribution is -2.43. The van der Waals surface area contributed by atoms with Gasteiger partial charge in [0.2, 0.25) is 5.91 Å². The zero-order valence-corrected chi connectivity index (χ0v) is 19.8. The SMILES string of the molecule is CCC(C)(C)C(=O)SCC(NC(=O)CCCCCCCCCCCO[N+](=O)[O-])C(=O)O. The van der Waals surface area contributed by atoms with E-state index >= 15 is 0 Å². The number of rotatable bonds is 19. The van der Waals surface area contributed by atoms with E-state index < -0.39 is 22.5 Å². The summed E-state index contributed by atoms with van der Waals surface area (Å²) < 4.78 is 0. The molecule has 31 heavy (non-hydrogen) atoms. The molecule has 0 saturated heterocycles. The monoisotopic (exact) mass is 462 g/mol. The van der Waals surface area contributed by atoms with Crippen LogP contribution >= 0.6 is 11.8 Å². The molecule has 0 aromatic carbocycles. The van der Waals surface area contributed by atoms with Gasteiger partial charge in [0.05, 0.1) is 6.61 Å². The number of unbranched alkanes of at least 4 members (excludes halogenated alkanes) is 8. The molecule has 180 valence electrons. The van der Waals surface area contributed by atoms with Crippen LogP contribution in [0.5, 0.6) is 0 Å². The molecule has 0 fully saturated rings. The fourth-order valence-corrected chi connectivity index (χ4v) is 3.78. The van der Waals surface area contributed by atoms with Crippen LogP contribution in [0.1, 0.15) is 91.4 Å². The molecule has 0 aromatic heterocycles. The molecule has 2 N–H and O–H groups in total. The lowest BCUT2D eigenvalue weighted by molar-refractivity contribution is -0.757. The third-order valence-electron chi connectivity index (χ3n) is 5.20. The molecule has 0 aromatic rings. The summed E-state index contributed by atoms with van der Waals surface area (Å²) >= 11 is 0.962. The van der Waals surface area contributed by atoms with Gasteiger partial charge in [-0.05, 0) is 19.3 Å². The summed E-state index contributed by atoms with van der Waals surface area (Å²) in [5.41, 5.74) is -0.511. The van der Waals surface area contributed by atoms with E-state index in [1.807, 2.05) is 20.8 Å². The van der Waals surface area contributed by atoms with Crippen LogP contribution < -0.4 is 5.32 Å². The second kappa shape index (κ2) is 16.8. The molecule has 0 saturated carbocycles. The average molecular weight is 463 g/mol. The number of hydrogen-bond donors (Lipinski definition) is 2. The number of aliphatic carboxylic acids is 1. The van der Waals surface area contributed by atoms with Gasteiger partial charge in [-0.2, -0.15) is 0 Å². The number of amides is 1. The van der Waals surface area contributed by atoms with E-state index in [-0.39, 0.29) is 29.8 Å². The van der Waals surface area contributed by atoms with E-state index in [0.29, 0.717) is 19.3 Å². The quantitative estimate of drug-likeness (QED) is 0.164. The van der Waals surface area contributed by atoms with Crippen LogP contribution in [0.15, 0.2) is 0 Å². The highest BCUT2D eigenvalue weighted by Crippen LogP contribution is 2.27. The first kappa shape index (κ1) is 29.2. The van der Waals surface area contributed by atoms with Gasteiger partial charge in [0.1, 0.15) is 6.04 Å². The Balaban J connectivity index is 3.82. The van der Waals surface area contributed by atoms with E-state index in [4.69, 9.17) is 0 Å². The van der Waals surface area contributed by atoms with Crippen LogP contribution in [0, 0.1) is 15.5 Å². The highest BCUT2D eigenvalue weighted by Gasteiger charge is 2.28. The average Bonchev–Trinajstić information content (AvgIpc) is 2.70. The Morgan fingerprint density at radius 2 is 1.55 bits per heavy atom. The van der Waals surface area contributed by atoms with Gasteiger partial charge in [-0.3, -0.25) is 9.59 Å². The van der Waals surface area contributed by atoms with Crippen molar-refractivity contribution in [3.8, 4) is 0 Å². The number of nitrogens with one attached hydrogen (secondary N) is 1. The minimum Gasteiger partial charge on any atom is -0.480 e. The lowest BCUT2D eigenvalue weighted by Gasteiger charge is -2.21. The number of hydrogen-bond acceptors (Lipinski definition) is 7. The molecule has 0 bridgehead atoms. The Morgan fingerprint density at radius 3 is 2.03 bits per heavy atom. The van der Waals surface area contributed by atoms with Crippen LogP contribution in [0.4, 0.5) is 0 Å². The van der Waals surface area contributed by atoms with Crippen molar-refractivity contribution >= 4 is 28.8 Å². The smallest absolute Gasteiger partial charge is 0.327 e. The minimum absolute atomic E-state index is 0.0293. The van der Waals surface area contributed by atoms with E-state index in [2.05, 4.69) is 10.2 Å². The fourth-order valence-electron chi connectivity index (χ4n) is 2.70. The fraction of sp³-hybridized carbons (Fsp3) is 0.857. The van der Waals surface area contributed by atoms with Crippen molar-refractivity contribution in [3.05, 3.63) is 10.1 Å². The van der Waals surface area contributed by atoms with Crippen molar-refractivity contribution in [2.75, 3.05) is 12.4 Å². The summed E-state index contributed by atoms with van der Waals surface area (Å²) in [6.45, 7) is 5.72. The van der Waals surface area contributed by atoms with E-state index in [0.717, 1.165) is 56.7 Å². The lowest BCUT2D eigenvalue weighted by atomic mass is 9.92. The van der Waals surface area contributed by atoms with Crippen molar-refractivity contribution in [1.82, 2.24) is 5.32 Å². The number of nitrogens with zero attached hydrogens (tertiary/aromatic N) is 1. The normalized spacial score (nSPS) is 12.2. The molecule has 0 spiro atoms. The summed E-state index contributed by atoms with van der Waals surface area (Å²) in [5, 5.41) is 21.0. The van der Waals surface area contributed by atoms with Crippen molar-refractivity contribution in [1.29, 1.82) is 0 Å². The van der Waals surface area contributed by atoms with Gasteiger partial charge in [-0.25, -0.2) is 4.79 Å². The van der Waals surface area contributed by atoms with Gasteiger partial charge >= 0.3 is 5.97 Å². The number of carbonyl (C=O) groups is 3. The standard InChI is InChI=1S/C21H38N2O7S/c1-4-21(2,3)20(27)31-16-17(19(25)26)22-18(24)14-12-10-8-6-5-7-9-11-13-15-30-23(28)29/h17H,4-16H2,1-3H3,(H,22,24)(H,25,26). The van der Waals surface area contributed by atoms with Gasteiger partial charge < -0.3 is 15.3 Å². The van der Waals surface area contributed by atoms with Gasteiger partial charge in [-0.15, -0.1) is 10.1 Å². The molecule has 0 heterocycles. The second-order valence-electron chi connectivity index (χ2n) is 8.28. The molecule has 0 aliphatic heterocycles. The van der Waals surface area contributed by atoms with Gasteiger partial charge in [0.15, 0.2) is 5.12 Å². The molecule has 10 heteroatoms. The van der Waals surface area contributed by atoms with Crippen LogP contribution in [0.2, 0.25) is 0 Å². The summed E-state index contributed by atoms with van der Waals surface area (Å²) in [7, 11) is 0. The summed E-state index contributed by atoms with van der Waals surface area (Å²) in [6, 6.07) is -1.06. The summed E-state index contributed by atoms with van der Waals surface area (Å²) in [5.74, 6) is -1.40. The number of carboxylic acid groups (broad SMARTS) is 1. The minimum atomic E-state index is -1.13. The Bertz CT molecular complexity index is 570. The first-order valence-electron chi connectivity index (χ1n) is 11.1. The third-order valence-corrected chi connectivity index (χ3v) is 6.51. The summed E-state index contributed by atoms with van der Waals surface area (Å²) in [4.78, 5) is 49.8. The molecule has 1 amide bonds. The summed E-state index contributed by atoms with van der Waals surface area (Å²) in [6.07, 6.45) is 9.41. The maximum atomic E-state index is 12.1. The number of carboxylic acids is 1. The molecular formula is C21H38N2O7S. The van der Waals surface area contributed by atoms with Gasteiger partial charge in [0, 0.05) is 17.6 Å². The van der Waals surface area contributed by atoms with E-state index in [9.17, 15) is 29.6 Å². The van der Waals surface area contributed by atoms with Crippen LogP contribution in [0.3, 0.4) is 0 Å². The van der Waals surface area contributed by atoms with Gasteiger partial charge in [0.25, 0.3) is 5.09 Å². The van der Waals surface area contributed by atoms with Gasteiger partial charge in [-0.1, -0.05) is 77.5 Å². The van der Waals surface area contributed by atoms with Crippen LogP contribution in [0.25, 0.3) is 0 Å². The first-order valence-corrected chi connectivity index (χ1v) is 12.1. The van der Waals surface area contributed by atoms with Crippen molar-refractivity contribution < 1.29 is 29.4 Å². The third kappa shape index (κ3) is 15.6. The molecule has 1 atom stereocenters. The molecule has 0 rings (SSSR count). The zero-order valence-electron chi connectivity index (χ0n) is 19.0. The maximum Gasteiger partial charge on any atom is 0.327 e. The Hall–Kier alpha value is -1.84. The molecule has 0 aliphatic rings. The first-order chi connectivity index (χ1) is 14.6. The largest absolute Gasteiger partial charge is 0.480 e. The number of carbonyl (C=O) groups excluding carboxylic acids is 2. The van der Waals surface area contributed by atoms with Crippen molar-refractivity contribution in [2.24, 2.45) is 5.41 Å². The second-order valence-corrected chi connectivity index (χ2v) is 9.28. The Morgan fingerprint density at radius 1 is 1.03 bits per heavy atom. The number of thioether (sulfide) groups is 1. The molecule has 1 unspecified atom stereocenters. The zero-order chi connectivity index (χ0) is 23.7. The molecular weight excluding hydrogens is 424 g/mol. The molecule has 0 aliphatic carbocycles. The van der Waals surface area contributed by atoms with Crippen molar-refractivity contribution in [3.63, 3.8) is 0 Å². The Kier molecular flexibility index (Phi) is 15.8.